The van der Waals surface area contributed by atoms with E-state index in [2.05, 4.69) is 4.98 Å². The molecule has 19 heavy (non-hydrogen) atoms. The molecule has 0 bridgehead atoms. The van der Waals surface area contributed by atoms with E-state index in [4.69, 9.17) is 21.4 Å². The van der Waals surface area contributed by atoms with Gasteiger partial charge in [0.05, 0.1) is 17.8 Å². The van der Waals surface area contributed by atoms with Crippen molar-refractivity contribution in [1.29, 1.82) is 0 Å². The summed E-state index contributed by atoms with van der Waals surface area (Å²) in [5.74, 6) is -0.169. The third-order valence-corrected chi connectivity index (χ3v) is 3.76. The number of carbonyl (C=O) groups is 1. The summed E-state index contributed by atoms with van der Waals surface area (Å²) in [5.41, 5.74) is 0.970. The number of aromatic carboxylic acids is 1. The Morgan fingerprint density at radius 1 is 1.53 bits per heavy atom. The Bertz CT molecular complexity index is 597. The summed E-state index contributed by atoms with van der Waals surface area (Å²) < 4.78 is 5.63. The zero-order chi connectivity index (χ0) is 13.8. The van der Waals surface area contributed by atoms with Gasteiger partial charge in [-0.15, -0.1) is 11.3 Å². The lowest BCUT2D eigenvalue weighted by molar-refractivity contribution is 0.0702. The van der Waals surface area contributed by atoms with Crippen LogP contribution in [0.2, 0.25) is 5.02 Å². The standard InChI is InChI=1S/C13H12ClNO3S/c1-8-6-9(14)2-3-10(8)18-5-4-12-15-7-11(19-12)13(16)17/h2-3,6-7H,4-5H2,1H3,(H,16,17). The van der Waals surface area contributed by atoms with Gasteiger partial charge in [0.2, 0.25) is 0 Å². The van der Waals surface area contributed by atoms with E-state index in [0.717, 1.165) is 16.3 Å². The van der Waals surface area contributed by atoms with E-state index in [0.29, 0.717) is 18.1 Å². The molecule has 0 unspecified atom stereocenters. The second-order valence-electron chi connectivity index (χ2n) is 3.93. The maximum absolute atomic E-state index is 10.7. The van der Waals surface area contributed by atoms with Gasteiger partial charge in [-0.2, -0.15) is 0 Å². The van der Waals surface area contributed by atoms with Crippen LogP contribution in [0.4, 0.5) is 0 Å². The summed E-state index contributed by atoms with van der Waals surface area (Å²) in [6.07, 6.45) is 1.95. The third-order valence-electron chi connectivity index (χ3n) is 2.47. The molecule has 0 fully saturated rings. The van der Waals surface area contributed by atoms with Crippen LogP contribution in [-0.4, -0.2) is 22.7 Å². The van der Waals surface area contributed by atoms with Gasteiger partial charge in [-0.25, -0.2) is 9.78 Å². The Morgan fingerprint density at radius 3 is 2.95 bits per heavy atom. The molecule has 1 heterocycles. The molecule has 1 aromatic carbocycles. The molecule has 6 heteroatoms. The summed E-state index contributed by atoms with van der Waals surface area (Å²) >= 11 is 7.03. The molecule has 2 aromatic rings. The molecule has 0 saturated heterocycles. The van der Waals surface area contributed by atoms with Crippen LogP contribution in [-0.2, 0) is 6.42 Å². The highest BCUT2D eigenvalue weighted by molar-refractivity contribution is 7.13. The first kappa shape index (κ1) is 13.8. The minimum Gasteiger partial charge on any atom is -0.493 e. The van der Waals surface area contributed by atoms with Gasteiger partial charge in [-0.05, 0) is 30.7 Å². The highest BCUT2D eigenvalue weighted by atomic mass is 35.5. The van der Waals surface area contributed by atoms with Crippen LogP contribution in [0, 0.1) is 6.92 Å². The summed E-state index contributed by atoms with van der Waals surface area (Å²) in [7, 11) is 0. The highest BCUT2D eigenvalue weighted by Crippen LogP contribution is 2.22. The molecule has 0 aliphatic rings. The van der Waals surface area contributed by atoms with Crippen molar-refractivity contribution in [2.24, 2.45) is 0 Å². The molecule has 100 valence electrons. The van der Waals surface area contributed by atoms with Crippen molar-refractivity contribution >= 4 is 28.9 Å². The zero-order valence-electron chi connectivity index (χ0n) is 10.2. The number of hydrogen-bond donors (Lipinski definition) is 1. The molecule has 0 amide bonds. The van der Waals surface area contributed by atoms with Crippen LogP contribution in [0.5, 0.6) is 5.75 Å². The van der Waals surface area contributed by atoms with Crippen LogP contribution >= 0.6 is 22.9 Å². The van der Waals surface area contributed by atoms with Gasteiger partial charge in [0.1, 0.15) is 10.6 Å². The van der Waals surface area contributed by atoms with Crippen molar-refractivity contribution < 1.29 is 14.6 Å². The molecule has 0 aliphatic carbocycles. The largest absolute Gasteiger partial charge is 0.493 e. The minimum atomic E-state index is -0.946. The number of rotatable bonds is 5. The lowest BCUT2D eigenvalue weighted by Gasteiger charge is -2.08. The summed E-state index contributed by atoms with van der Waals surface area (Å²) in [4.78, 5) is 15.0. The fourth-order valence-corrected chi connectivity index (χ4v) is 2.51. The van der Waals surface area contributed by atoms with E-state index in [1.165, 1.54) is 17.5 Å². The number of halogens is 1. The Hall–Kier alpha value is -1.59. The van der Waals surface area contributed by atoms with Crippen molar-refractivity contribution in [3.05, 3.63) is 44.9 Å². The van der Waals surface area contributed by atoms with Gasteiger partial charge >= 0.3 is 5.97 Å². The van der Waals surface area contributed by atoms with Gasteiger partial charge in [-0.1, -0.05) is 11.6 Å². The lowest BCUT2D eigenvalue weighted by Crippen LogP contribution is -2.02. The summed E-state index contributed by atoms with van der Waals surface area (Å²) in [6, 6.07) is 5.43. The average molecular weight is 298 g/mol. The topological polar surface area (TPSA) is 59.4 Å². The minimum absolute atomic E-state index is 0.248. The molecular formula is C13H12ClNO3S. The van der Waals surface area contributed by atoms with Crippen molar-refractivity contribution in [1.82, 2.24) is 4.98 Å². The maximum atomic E-state index is 10.7. The Kier molecular flexibility index (Phi) is 4.39. The second-order valence-corrected chi connectivity index (χ2v) is 5.48. The normalized spacial score (nSPS) is 10.4. The predicted octanol–water partition coefficient (Wildman–Crippen LogP) is 3.42. The van der Waals surface area contributed by atoms with Gasteiger partial charge in [0.15, 0.2) is 0 Å². The number of benzene rings is 1. The third kappa shape index (κ3) is 3.68. The van der Waals surface area contributed by atoms with Crippen molar-refractivity contribution in [2.45, 2.75) is 13.3 Å². The number of aryl methyl sites for hydroxylation is 1. The van der Waals surface area contributed by atoms with Gasteiger partial charge < -0.3 is 9.84 Å². The SMILES string of the molecule is Cc1cc(Cl)ccc1OCCc1ncc(C(=O)O)s1. The average Bonchev–Trinajstić information content (AvgIpc) is 2.81. The number of hydrogen-bond acceptors (Lipinski definition) is 4. The number of aromatic nitrogens is 1. The maximum Gasteiger partial charge on any atom is 0.347 e. The fraction of sp³-hybridized carbons (Fsp3) is 0.231. The van der Waals surface area contributed by atoms with Crippen LogP contribution < -0.4 is 4.74 Å². The van der Waals surface area contributed by atoms with E-state index in [-0.39, 0.29) is 4.88 Å². The summed E-state index contributed by atoms with van der Waals surface area (Å²) in [5, 5.41) is 10.2. The molecule has 1 aromatic heterocycles. The lowest BCUT2D eigenvalue weighted by atomic mass is 10.2. The van der Waals surface area contributed by atoms with Crippen molar-refractivity contribution in [3.63, 3.8) is 0 Å². The molecule has 0 spiro atoms. The van der Waals surface area contributed by atoms with Gasteiger partial charge in [0.25, 0.3) is 0 Å². The van der Waals surface area contributed by atoms with Crippen LogP contribution in [0.1, 0.15) is 20.2 Å². The van der Waals surface area contributed by atoms with Crippen molar-refractivity contribution in [2.75, 3.05) is 6.61 Å². The Balaban J connectivity index is 1.90. The van der Waals surface area contributed by atoms with Crippen molar-refractivity contribution in [3.8, 4) is 5.75 Å². The molecular weight excluding hydrogens is 286 g/mol. The molecule has 0 radical (unpaired) electrons. The van der Waals surface area contributed by atoms with Crippen LogP contribution in [0.25, 0.3) is 0 Å². The van der Waals surface area contributed by atoms with E-state index in [1.807, 2.05) is 19.1 Å². The number of carboxylic acid groups (broad SMARTS) is 1. The van der Waals surface area contributed by atoms with Gasteiger partial charge in [-0.3, -0.25) is 0 Å². The van der Waals surface area contributed by atoms with Crippen LogP contribution in [0.15, 0.2) is 24.4 Å². The molecule has 0 saturated carbocycles. The molecule has 1 N–H and O–H groups in total. The van der Waals surface area contributed by atoms with E-state index >= 15 is 0 Å². The number of ether oxygens (including phenoxy) is 1. The molecule has 0 atom stereocenters. The number of thiazole rings is 1. The summed E-state index contributed by atoms with van der Waals surface area (Å²) in [6.45, 7) is 2.38. The highest BCUT2D eigenvalue weighted by Gasteiger charge is 2.08. The van der Waals surface area contributed by atoms with Gasteiger partial charge in [0, 0.05) is 11.4 Å². The first-order valence-corrected chi connectivity index (χ1v) is 6.82. The predicted molar refractivity (Wildman–Crippen MR) is 74.5 cm³/mol. The second kappa shape index (κ2) is 6.04. The monoisotopic (exact) mass is 297 g/mol. The Labute approximate surface area is 119 Å². The number of carboxylic acids is 1. The molecule has 4 nitrogen and oxygen atoms in total. The van der Waals surface area contributed by atoms with Crippen LogP contribution in [0.3, 0.4) is 0 Å². The first-order valence-electron chi connectivity index (χ1n) is 5.63. The van der Waals surface area contributed by atoms with E-state index < -0.39 is 5.97 Å². The molecule has 0 aliphatic heterocycles. The quantitative estimate of drug-likeness (QED) is 0.918. The van der Waals surface area contributed by atoms with E-state index in [9.17, 15) is 4.79 Å². The number of nitrogens with zero attached hydrogens (tertiary/aromatic N) is 1. The zero-order valence-corrected chi connectivity index (χ0v) is 11.8. The fourth-order valence-electron chi connectivity index (χ4n) is 1.55. The Morgan fingerprint density at radius 2 is 2.32 bits per heavy atom. The molecule has 2 rings (SSSR count). The first-order chi connectivity index (χ1) is 9.06. The smallest absolute Gasteiger partial charge is 0.347 e. The van der Waals surface area contributed by atoms with E-state index in [1.54, 1.807) is 6.07 Å².